The zero-order chi connectivity index (χ0) is 13.4. The maximum absolute atomic E-state index is 2.47. The third-order valence-corrected chi connectivity index (χ3v) is 8.29. The molecule has 2 fully saturated rings. The van der Waals surface area contributed by atoms with Crippen LogP contribution >= 0.6 is 7.92 Å². The van der Waals surface area contributed by atoms with Crippen LogP contribution in [0.1, 0.15) is 51.3 Å². The van der Waals surface area contributed by atoms with Gasteiger partial charge in [-0.2, -0.15) is 0 Å². The highest BCUT2D eigenvalue weighted by atomic mass is 31.1. The summed E-state index contributed by atoms with van der Waals surface area (Å²) < 4.78 is 0. The SMILES string of the molecule is CC(C)[C@@H]1CC[C@@H](C)C[C@H]1[P@]1C[C@@H]1c1ccccc1. The Morgan fingerprint density at radius 1 is 1.11 bits per heavy atom. The summed E-state index contributed by atoms with van der Waals surface area (Å²) >= 11 is 0. The van der Waals surface area contributed by atoms with Gasteiger partial charge in [-0.15, -0.1) is 0 Å². The van der Waals surface area contributed by atoms with Crippen molar-refractivity contribution < 1.29 is 0 Å². The van der Waals surface area contributed by atoms with E-state index in [2.05, 4.69) is 51.1 Å². The van der Waals surface area contributed by atoms with E-state index in [4.69, 9.17) is 0 Å². The Bertz CT molecular complexity index is 411. The summed E-state index contributed by atoms with van der Waals surface area (Å²) in [5, 5.41) is 0. The molecule has 3 rings (SSSR count). The van der Waals surface area contributed by atoms with Gasteiger partial charge in [0.15, 0.2) is 0 Å². The second-order valence-corrected chi connectivity index (χ2v) is 9.70. The van der Waals surface area contributed by atoms with Crippen molar-refractivity contribution in [3.63, 3.8) is 0 Å². The molecular formula is C18H27P. The summed E-state index contributed by atoms with van der Waals surface area (Å²) in [4.78, 5) is 0. The highest BCUT2D eigenvalue weighted by Crippen LogP contribution is 2.75. The third-order valence-electron chi connectivity index (χ3n) is 5.25. The molecule has 0 unspecified atom stereocenters. The lowest BCUT2D eigenvalue weighted by molar-refractivity contribution is 0.242. The van der Waals surface area contributed by atoms with Gasteiger partial charge < -0.3 is 0 Å². The van der Waals surface area contributed by atoms with Crippen molar-refractivity contribution in [1.82, 2.24) is 0 Å². The van der Waals surface area contributed by atoms with E-state index in [0.29, 0.717) is 7.92 Å². The predicted molar refractivity (Wildman–Crippen MR) is 86.1 cm³/mol. The molecule has 1 heterocycles. The molecule has 1 heteroatoms. The molecule has 0 bridgehead atoms. The van der Waals surface area contributed by atoms with Gasteiger partial charge in [0, 0.05) is 5.66 Å². The van der Waals surface area contributed by atoms with Crippen molar-refractivity contribution in [2.45, 2.75) is 51.4 Å². The highest BCUT2D eigenvalue weighted by molar-refractivity contribution is 7.66. The van der Waals surface area contributed by atoms with E-state index < -0.39 is 0 Å². The molecule has 1 saturated carbocycles. The smallest absolute Gasteiger partial charge is 0.00842 e. The summed E-state index contributed by atoms with van der Waals surface area (Å²) in [7, 11) is 0.293. The molecule has 1 aliphatic carbocycles. The van der Waals surface area contributed by atoms with Gasteiger partial charge in [-0.25, -0.2) is 0 Å². The Morgan fingerprint density at radius 2 is 1.84 bits per heavy atom. The van der Waals surface area contributed by atoms with Crippen LogP contribution in [-0.2, 0) is 0 Å². The molecular weight excluding hydrogens is 247 g/mol. The largest absolute Gasteiger partial charge is 0.0942 e. The average Bonchev–Trinajstić information content (AvgIpc) is 3.19. The molecule has 104 valence electrons. The molecule has 0 N–H and O–H groups in total. The molecule has 1 aromatic rings. The van der Waals surface area contributed by atoms with Gasteiger partial charge in [-0.1, -0.05) is 65.4 Å². The predicted octanol–water partition coefficient (Wildman–Crippen LogP) is 5.68. The zero-order valence-electron chi connectivity index (χ0n) is 12.5. The van der Waals surface area contributed by atoms with Crippen molar-refractivity contribution >= 4 is 7.92 Å². The molecule has 5 atom stereocenters. The van der Waals surface area contributed by atoms with E-state index in [9.17, 15) is 0 Å². The molecule has 2 aliphatic rings. The van der Waals surface area contributed by atoms with Crippen molar-refractivity contribution in [1.29, 1.82) is 0 Å². The van der Waals surface area contributed by atoms with Gasteiger partial charge in [-0.3, -0.25) is 0 Å². The molecule has 1 aromatic carbocycles. The normalized spacial score (nSPS) is 38.4. The first-order valence-corrected chi connectivity index (χ1v) is 9.64. The third kappa shape index (κ3) is 2.89. The first kappa shape index (κ1) is 13.6. The maximum atomic E-state index is 2.47. The minimum atomic E-state index is 0.293. The van der Waals surface area contributed by atoms with E-state index in [-0.39, 0.29) is 0 Å². The van der Waals surface area contributed by atoms with Gasteiger partial charge >= 0.3 is 0 Å². The van der Waals surface area contributed by atoms with Crippen molar-refractivity contribution in [2.75, 3.05) is 6.16 Å². The minimum absolute atomic E-state index is 0.293. The lowest BCUT2D eigenvalue weighted by Gasteiger charge is -2.38. The summed E-state index contributed by atoms with van der Waals surface area (Å²) in [5.74, 6) is 2.87. The van der Waals surface area contributed by atoms with Gasteiger partial charge in [0.05, 0.1) is 0 Å². The molecule has 1 aliphatic heterocycles. The van der Waals surface area contributed by atoms with Crippen LogP contribution in [0.5, 0.6) is 0 Å². The maximum Gasteiger partial charge on any atom is 0.00842 e. The van der Waals surface area contributed by atoms with Crippen LogP contribution < -0.4 is 0 Å². The Balaban J connectivity index is 1.71. The summed E-state index contributed by atoms with van der Waals surface area (Å²) in [6.07, 6.45) is 5.99. The van der Waals surface area contributed by atoms with Gasteiger partial charge in [0.25, 0.3) is 0 Å². The van der Waals surface area contributed by atoms with Crippen molar-refractivity contribution in [3.05, 3.63) is 35.9 Å². The number of rotatable bonds is 3. The molecule has 0 nitrogen and oxygen atoms in total. The second kappa shape index (κ2) is 5.57. The second-order valence-electron chi connectivity index (χ2n) is 7.02. The molecule has 1 saturated heterocycles. The van der Waals surface area contributed by atoms with Crippen LogP contribution in [0.2, 0.25) is 0 Å². The summed E-state index contributed by atoms with van der Waals surface area (Å²) in [6.45, 7) is 7.37. The Labute approximate surface area is 119 Å². The molecule has 0 amide bonds. The lowest BCUT2D eigenvalue weighted by atomic mass is 9.77. The van der Waals surface area contributed by atoms with Crippen LogP contribution in [0.15, 0.2) is 30.3 Å². The lowest BCUT2D eigenvalue weighted by Crippen LogP contribution is -2.29. The van der Waals surface area contributed by atoms with Crippen LogP contribution in [0.3, 0.4) is 0 Å². The minimum Gasteiger partial charge on any atom is -0.0942 e. The summed E-state index contributed by atoms with van der Waals surface area (Å²) in [5.41, 5.74) is 3.62. The van der Waals surface area contributed by atoms with Gasteiger partial charge in [-0.05, 0) is 48.0 Å². The topological polar surface area (TPSA) is 0 Å². The standard InChI is InChI=1S/C18H27P/c1-13(2)16-10-9-14(3)11-17(16)19-12-18(19)15-7-5-4-6-8-15/h4-8,13-14,16-18H,9-12H2,1-3H3/t14-,16+,17-,18-,19+/m1/s1. The van der Waals surface area contributed by atoms with Crippen molar-refractivity contribution in [3.8, 4) is 0 Å². The fourth-order valence-electron chi connectivity index (χ4n) is 4.02. The quantitative estimate of drug-likeness (QED) is 0.622. The van der Waals surface area contributed by atoms with Crippen LogP contribution in [0.25, 0.3) is 0 Å². The molecule has 0 aromatic heterocycles. The van der Waals surface area contributed by atoms with E-state index >= 15 is 0 Å². The Kier molecular flexibility index (Phi) is 3.99. The summed E-state index contributed by atoms with van der Waals surface area (Å²) in [6, 6.07) is 11.3. The highest BCUT2D eigenvalue weighted by Gasteiger charge is 2.47. The fraction of sp³-hybridized carbons (Fsp3) is 0.667. The first-order chi connectivity index (χ1) is 9.16. The number of hydrogen-bond donors (Lipinski definition) is 0. The van der Waals surface area contributed by atoms with Crippen LogP contribution in [0.4, 0.5) is 0 Å². The fourth-order valence-corrected chi connectivity index (χ4v) is 7.73. The Morgan fingerprint density at radius 3 is 2.53 bits per heavy atom. The van der Waals surface area contributed by atoms with Gasteiger partial charge in [0.1, 0.15) is 0 Å². The molecule has 19 heavy (non-hydrogen) atoms. The van der Waals surface area contributed by atoms with Crippen molar-refractivity contribution in [2.24, 2.45) is 17.8 Å². The monoisotopic (exact) mass is 274 g/mol. The number of hydrogen-bond acceptors (Lipinski definition) is 0. The zero-order valence-corrected chi connectivity index (χ0v) is 13.4. The van der Waals surface area contributed by atoms with Crippen LogP contribution in [0, 0.1) is 17.8 Å². The van der Waals surface area contributed by atoms with E-state index in [1.54, 1.807) is 5.56 Å². The van der Waals surface area contributed by atoms with Crippen LogP contribution in [-0.4, -0.2) is 11.8 Å². The molecule has 0 spiro atoms. The molecule has 0 radical (unpaired) electrons. The number of benzene rings is 1. The average molecular weight is 274 g/mol. The van der Waals surface area contributed by atoms with E-state index in [0.717, 1.165) is 29.1 Å². The first-order valence-electron chi connectivity index (χ1n) is 7.97. The van der Waals surface area contributed by atoms with E-state index in [1.165, 1.54) is 25.4 Å². The Hall–Kier alpha value is -0.350. The van der Waals surface area contributed by atoms with E-state index in [1.807, 2.05) is 0 Å². The van der Waals surface area contributed by atoms with Gasteiger partial charge in [0.2, 0.25) is 0 Å².